The Morgan fingerprint density at radius 3 is 2.65 bits per heavy atom. The van der Waals surface area contributed by atoms with E-state index in [1.165, 1.54) is 4.88 Å². The summed E-state index contributed by atoms with van der Waals surface area (Å²) >= 11 is 7.83. The number of hydrogen-bond donors (Lipinski definition) is 1. The lowest BCUT2D eigenvalue weighted by molar-refractivity contribution is -0.121. The van der Waals surface area contributed by atoms with Gasteiger partial charge in [-0.1, -0.05) is 23.7 Å². The first-order valence-electron chi connectivity index (χ1n) is 10.2. The van der Waals surface area contributed by atoms with Gasteiger partial charge in [-0.3, -0.25) is 14.6 Å². The molecule has 0 spiro atoms. The summed E-state index contributed by atoms with van der Waals surface area (Å²) in [6.07, 6.45) is 2.05. The summed E-state index contributed by atoms with van der Waals surface area (Å²) in [5.41, 5.74) is 5.62. The van der Waals surface area contributed by atoms with Gasteiger partial charge in [0.25, 0.3) is 5.56 Å². The number of thiophene rings is 1. The van der Waals surface area contributed by atoms with Gasteiger partial charge in [0, 0.05) is 57.3 Å². The second kappa shape index (κ2) is 8.44. The number of halogens is 1. The Labute approximate surface area is 190 Å². The third kappa shape index (κ3) is 3.98. The molecule has 0 aliphatic carbocycles. The molecule has 2 aromatic heterocycles. The lowest BCUT2D eigenvalue weighted by Gasteiger charge is -2.16. The normalized spacial score (nSPS) is 15.0. The highest BCUT2D eigenvalue weighted by molar-refractivity contribution is 7.16. The van der Waals surface area contributed by atoms with Gasteiger partial charge in [-0.15, -0.1) is 11.3 Å². The molecule has 31 heavy (non-hydrogen) atoms. The molecule has 0 unspecified atom stereocenters. The standard InChI is InChI=1S/C24H24ClN3O2S/c1-5-26-20(29)11-19-17-10-21(30)28(4)12-18(17)24-22(13(2)14(3)31-24)23(27-19)15-6-8-16(25)9-7-15/h6-10,12,19H,5,11H2,1-4H3,(H,26,29)/t19-/m0/s1. The van der Waals surface area contributed by atoms with Crippen LogP contribution in [0.25, 0.3) is 10.4 Å². The second-order valence-electron chi connectivity index (χ2n) is 7.74. The number of benzene rings is 1. The Balaban J connectivity index is 2.02. The number of fused-ring (bicyclic) bond motifs is 3. The zero-order valence-electron chi connectivity index (χ0n) is 18.0. The molecule has 3 aromatic rings. The molecule has 1 N–H and O–H groups in total. The van der Waals surface area contributed by atoms with Crippen LogP contribution < -0.4 is 10.9 Å². The topological polar surface area (TPSA) is 63.5 Å². The number of rotatable bonds is 4. The maximum atomic E-state index is 12.5. The Bertz CT molecular complexity index is 1260. The molecule has 160 valence electrons. The highest BCUT2D eigenvalue weighted by atomic mass is 35.5. The molecule has 1 atom stereocenters. The fourth-order valence-electron chi connectivity index (χ4n) is 3.93. The van der Waals surface area contributed by atoms with E-state index in [-0.39, 0.29) is 17.9 Å². The number of amides is 1. The zero-order valence-corrected chi connectivity index (χ0v) is 19.5. The second-order valence-corrected chi connectivity index (χ2v) is 9.40. The molecular weight excluding hydrogens is 430 g/mol. The summed E-state index contributed by atoms with van der Waals surface area (Å²) in [5.74, 6) is -0.0866. The first-order valence-corrected chi connectivity index (χ1v) is 11.4. The molecule has 1 amide bonds. The SMILES string of the molecule is CCNC(=O)C[C@@H]1N=C(c2ccc(Cl)cc2)c2c(sc(C)c2C)-c2cn(C)c(=O)cc21. The first-order chi connectivity index (χ1) is 14.8. The van der Waals surface area contributed by atoms with E-state index in [0.717, 1.165) is 38.4 Å². The van der Waals surface area contributed by atoms with Gasteiger partial charge in [0.2, 0.25) is 5.91 Å². The van der Waals surface area contributed by atoms with Crippen LogP contribution in [-0.4, -0.2) is 22.7 Å². The van der Waals surface area contributed by atoms with Gasteiger partial charge in [-0.25, -0.2) is 0 Å². The van der Waals surface area contributed by atoms with Crippen molar-refractivity contribution in [3.05, 3.63) is 79.0 Å². The molecule has 1 aromatic carbocycles. The van der Waals surface area contributed by atoms with Crippen LogP contribution in [0.2, 0.25) is 5.02 Å². The van der Waals surface area contributed by atoms with E-state index in [4.69, 9.17) is 16.6 Å². The van der Waals surface area contributed by atoms with Crippen molar-refractivity contribution in [1.82, 2.24) is 9.88 Å². The van der Waals surface area contributed by atoms with Gasteiger partial charge in [-0.05, 0) is 44.0 Å². The summed E-state index contributed by atoms with van der Waals surface area (Å²) in [5, 5.41) is 3.52. The number of nitrogens with zero attached hydrogens (tertiary/aromatic N) is 2. The van der Waals surface area contributed by atoms with Crippen LogP contribution in [0.1, 0.15) is 46.5 Å². The average Bonchev–Trinajstić information content (AvgIpc) is 2.95. The molecule has 1 aliphatic rings. The number of aromatic nitrogens is 1. The molecule has 7 heteroatoms. The molecule has 0 radical (unpaired) electrons. The van der Waals surface area contributed by atoms with Gasteiger partial charge < -0.3 is 9.88 Å². The number of aliphatic imine (C=N–C) groups is 1. The van der Waals surface area contributed by atoms with E-state index in [1.807, 2.05) is 37.4 Å². The third-order valence-corrected chi connectivity index (χ3v) is 7.13. The molecule has 3 heterocycles. The number of hydrogen-bond acceptors (Lipinski definition) is 4. The molecule has 0 saturated carbocycles. The Morgan fingerprint density at radius 2 is 1.97 bits per heavy atom. The van der Waals surface area contributed by atoms with E-state index in [2.05, 4.69) is 19.2 Å². The van der Waals surface area contributed by atoms with Crippen molar-refractivity contribution in [3.63, 3.8) is 0 Å². The smallest absolute Gasteiger partial charge is 0.250 e. The predicted molar refractivity (Wildman–Crippen MR) is 128 cm³/mol. The van der Waals surface area contributed by atoms with Crippen molar-refractivity contribution >= 4 is 34.6 Å². The van der Waals surface area contributed by atoms with Crippen molar-refractivity contribution in [3.8, 4) is 10.4 Å². The minimum atomic E-state index is -0.458. The minimum Gasteiger partial charge on any atom is -0.356 e. The minimum absolute atomic E-state index is 0.0866. The van der Waals surface area contributed by atoms with Gasteiger partial charge in [0.05, 0.1) is 18.2 Å². The van der Waals surface area contributed by atoms with Crippen molar-refractivity contribution in [2.45, 2.75) is 33.2 Å². The molecule has 1 aliphatic heterocycles. The van der Waals surface area contributed by atoms with Crippen molar-refractivity contribution in [1.29, 1.82) is 0 Å². The van der Waals surface area contributed by atoms with Crippen LogP contribution in [-0.2, 0) is 11.8 Å². The Kier molecular flexibility index (Phi) is 5.86. The van der Waals surface area contributed by atoms with Crippen LogP contribution in [0.15, 0.2) is 46.3 Å². The lowest BCUT2D eigenvalue weighted by Crippen LogP contribution is -2.25. The Hall–Kier alpha value is -2.70. The van der Waals surface area contributed by atoms with Crippen LogP contribution in [0.3, 0.4) is 0 Å². The molecule has 0 fully saturated rings. The predicted octanol–water partition coefficient (Wildman–Crippen LogP) is 4.80. The van der Waals surface area contributed by atoms with Gasteiger partial charge in [0.1, 0.15) is 0 Å². The summed E-state index contributed by atoms with van der Waals surface area (Å²) in [7, 11) is 1.75. The summed E-state index contributed by atoms with van der Waals surface area (Å²) in [4.78, 5) is 32.4. The maximum Gasteiger partial charge on any atom is 0.250 e. The summed E-state index contributed by atoms with van der Waals surface area (Å²) in [6.45, 7) is 6.64. The maximum absolute atomic E-state index is 12.5. The van der Waals surface area contributed by atoms with E-state index >= 15 is 0 Å². The quantitative estimate of drug-likeness (QED) is 0.616. The molecule has 4 rings (SSSR count). The number of carbonyl (C=O) groups excluding carboxylic acids is 1. The van der Waals surface area contributed by atoms with Crippen LogP contribution in [0, 0.1) is 13.8 Å². The van der Waals surface area contributed by atoms with Gasteiger partial charge >= 0.3 is 0 Å². The third-order valence-electron chi connectivity index (χ3n) is 5.64. The van der Waals surface area contributed by atoms with E-state index in [1.54, 1.807) is 29.0 Å². The number of aryl methyl sites for hydroxylation is 2. The fraction of sp³-hybridized carbons (Fsp3) is 0.292. The van der Waals surface area contributed by atoms with Crippen molar-refractivity contribution in [2.75, 3.05) is 6.54 Å². The average molecular weight is 454 g/mol. The van der Waals surface area contributed by atoms with Crippen LogP contribution >= 0.6 is 22.9 Å². The fourth-order valence-corrected chi connectivity index (χ4v) is 5.25. The van der Waals surface area contributed by atoms with Crippen molar-refractivity contribution < 1.29 is 4.79 Å². The van der Waals surface area contributed by atoms with E-state index < -0.39 is 6.04 Å². The highest BCUT2D eigenvalue weighted by Crippen LogP contribution is 2.44. The molecule has 0 bridgehead atoms. The number of pyridine rings is 1. The number of carbonyl (C=O) groups is 1. The van der Waals surface area contributed by atoms with Gasteiger partial charge in [-0.2, -0.15) is 0 Å². The Morgan fingerprint density at radius 1 is 1.26 bits per heavy atom. The van der Waals surface area contributed by atoms with E-state index in [9.17, 15) is 9.59 Å². The van der Waals surface area contributed by atoms with Crippen LogP contribution in [0.5, 0.6) is 0 Å². The lowest BCUT2D eigenvalue weighted by atomic mass is 9.95. The number of nitrogens with one attached hydrogen (secondary N) is 1. The first kappa shape index (κ1) is 21.5. The molecule has 0 saturated heterocycles. The summed E-state index contributed by atoms with van der Waals surface area (Å²) < 4.78 is 1.59. The molecule has 5 nitrogen and oxygen atoms in total. The zero-order chi connectivity index (χ0) is 22.3. The van der Waals surface area contributed by atoms with Crippen molar-refractivity contribution in [2.24, 2.45) is 12.0 Å². The van der Waals surface area contributed by atoms with Crippen LogP contribution in [0.4, 0.5) is 0 Å². The molecular formula is C24H24ClN3O2S. The van der Waals surface area contributed by atoms with Gasteiger partial charge in [0.15, 0.2) is 0 Å². The van der Waals surface area contributed by atoms with E-state index in [0.29, 0.717) is 11.6 Å². The highest BCUT2D eigenvalue weighted by Gasteiger charge is 2.30. The largest absolute Gasteiger partial charge is 0.356 e. The monoisotopic (exact) mass is 453 g/mol. The summed E-state index contributed by atoms with van der Waals surface area (Å²) in [6, 6.07) is 8.77.